The minimum absolute atomic E-state index is 0.0559. The first kappa shape index (κ1) is 23.2. The molecule has 4 aromatic rings. The van der Waals surface area contributed by atoms with Crippen molar-refractivity contribution in [3.63, 3.8) is 0 Å². The van der Waals surface area contributed by atoms with Crippen molar-refractivity contribution in [2.75, 3.05) is 19.5 Å². The normalized spacial score (nSPS) is 10.8. The van der Waals surface area contributed by atoms with Crippen molar-refractivity contribution in [1.82, 2.24) is 10.1 Å². The molecule has 0 saturated heterocycles. The first-order chi connectivity index (χ1) is 17.0. The first-order valence-corrected chi connectivity index (χ1v) is 10.4. The third kappa shape index (κ3) is 5.33. The molecule has 0 fully saturated rings. The zero-order valence-corrected chi connectivity index (χ0v) is 18.8. The lowest BCUT2D eigenvalue weighted by Crippen LogP contribution is -2.08. The number of benzene rings is 3. The molecule has 0 saturated carbocycles. The Hall–Kier alpha value is -4.99. The van der Waals surface area contributed by atoms with Gasteiger partial charge in [-0.2, -0.15) is 4.98 Å². The summed E-state index contributed by atoms with van der Waals surface area (Å²) in [5.74, 6) is 1.23. The highest BCUT2D eigenvalue weighted by molar-refractivity contribution is 6.03. The van der Waals surface area contributed by atoms with E-state index in [1.54, 1.807) is 61.7 Å². The number of ether oxygens (including phenoxy) is 2. The van der Waals surface area contributed by atoms with Crippen LogP contribution >= 0.6 is 0 Å². The minimum Gasteiger partial charge on any atom is -0.493 e. The molecule has 10 nitrogen and oxygen atoms in total. The predicted molar refractivity (Wildman–Crippen MR) is 129 cm³/mol. The lowest BCUT2D eigenvalue weighted by molar-refractivity contribution is -0.384. The van der Waals surface area contributed by atoms with Gasteiger partial charge in [-0.1, -0.05) is 29.4 Å². The van der Waals surface area contributed by atoms with E-state index >= 15 is 0 Å². The Balaban J connectivity index is 1.54. The molecular weight excluding hydrogens is 452 g/mol. The van der Waals surface area contributed by atoms with Crippen LogP contribution < -0.4 is 14.8 Å². The second-order valence-electron chi connectivity index (χ2n) is 7.21. The fourth-order valence-corrected chi connectivity index (χ4v) is 3.29. The number of anilines is 1. The van der Waals surface area contributed by atoms with E-state index in [2.05, 4.69) is 15.5 Å². The van der Waals surface area contributed by atoms with Gasteiger partial charge in [0.15, 0.2) is 11.5 Å². The van der Waals surface area contributed by atoms with Crippen LogP contribution in [0.3, 0.4) is 0 Å². The average Bonchev–Trinajstić information content (AvgIpc) is 3.37. The van der Waals surface area contributed by atoms with E-state index in [0.717, 1.165) is 0 Å². The Bertz CT molecular complexity index is 1410. The third-order valence-corrected chi connectivity index (χ3v) is 4.99. The van der Waals surface area contributed by atoms with E-state index in [0.29, 0.717) is 39.7 Å². The van der Waals surface area contributed by atoms with Gasteiger partial charge in [-0.15, -0.1) is 0 Å². The van der Waals surface area contributed by atoms with Gasteiger partial charge >= 0.3 is 0 Å². The summed E-state index contributed by atoms with van der Waals surface area (Å²) in [5, 5.41) is 17.8. The number of non-ortho nitro benzene ring substituents is 1. The number of carbonyl (C=O) groups excluding carboxylic acids is 1. The van der Waals surface area contributed by atoms with Crippen LogP contribution in [0.2, 0.25) is 0 Å². The van der Waals surface area contributed by atoms with E-state index in [-0.39, 0.29) is 11.6 Å². The number of rotatable bonds is 8. The number of hydrogen-bond acceptors (Lipinski definition) is 8. The Kier molecular flexibility index (Phi) is 6.82. The molecular formula is C25H20N4O6. The highest BCUT2D eigenvalue weighted by atomic mass is 16.6. The van der Waals surface area contributed by atoms with Crippen LogP contribution in [0.25, 0.3) is 28.9 Å². The smallest absolute Gasteiger partial charge is 0.270 e. The van der Waals surface area contributed by atoms with Gasteiger partial charge in [-0.25, -0.2) is 0 Å². The highest BCUT2D eigenvalue weighted by Gasteiger charge is 2.16. The molecule has 1 aromatic heterocycles. The van der Waals surface area contributed by atoms with Gasteiger partial charge in [0.05, 0.1) is 30.4 Å². The number of carbonyl (C=O) groups is 1. The van der Waals surface area contributed by atoms with Gasteiger partial charge in [0.1, 0.15) is 0 Å². The summed E-state index contributed by atoms with van der Waals surface area (Å²) >= 11 is 0. The summed E-state index contributed by atoms with van der Waals surface area (Å²) in [6.07, 6.45) is 2.78. The lowest BCUT2D eigenvalue weighted by atomic mass is 10.1. The van der Waals surface area contributed by atoms with Crippen molar-refractivity contribution >= 4 is 23.4 Å². The molecule has 0 radical (unpaired) electrons. The van der Waals surface area contributed by atoms with Crippen molar-refractivity contribution in [2.45, 2.75) is 0 Å². The molecule has 4 rings (SSSR count). The SMILES string of the molecule is COc1ccc(-c2noc(-c3ccccc3NC(=O)/C=C/c3cccc([N+](=O)[O-])c3)n2)cc1OC. The van der Waals surface area contributed by atoms with Crippen LogP contribution in [0.5, 0.6) is 11.5 Å². The number of nitro groups is 1. The van der Waals surface area contributed by atoms with E-state index in [4.69, 9.17) is 14.0 Å². The van der Waals surface area contributed by atoms with Crippen molar-refractivity contribution < 1.29 is 23.7 Å². The Morgan fingerprint density at radius 2 is 1.83 bits per heavy atom. The van der Waals surface area contributed by atoms with Crippen LogP contribution in [0.15, 0.2) is 77.3 Å². The molecule has 1 heterocycles. The fraction of sp³-hybridized carbons (Fsp3) is 0.0800. The summed E-state index contributed by atoms with van der Waals surface area (Å²) in [6, 6.07) is 18.2. The molecule has 10 heteroatoms. The largest absolute Gasteiger partial charge is 0.493 e. The van der Waals surface area contributed by atoms with Crippen LogP contribution in [0.1, 0.15) is 5.56 Å². The maximum absolute atomic E-state index is 12.5. The molecule has 35 heavy (non-hydrogen) atoms. The average molecular weight is 472 g/mol. The molecule has 0 spiro atoms. The maximum Gasteiger partial charge on any atom is 0.270 e. The number of nitrogens with zero attached hydrogens (tertiary/aromatic N) is 3. The molecule has 1 amide bonds. The number of aromatic nitrogens is 2. The zero-order valence-electron chi connectivity index (χ0n) is 18.8. The van der Waals surface area contributed by atoms with Crippen LogP contribution in [0.4, 0.5) is 11.4 Å². The highest BCUT2D eigenvalue weighted by Crippen LogP contribution is 2.33. The van der Waals surface area contributed by atoms with Crippen molar-refractivity contribution in [2.24, 2.45) is 0 Å². The van der Waals surface area contributed by atoms with Crippen molar-refractivity contribution in [3.8, 4) is 34.3 Å². The topological polar surface area (TPSA) is 130 Å². The van der Waals surface area contributed by atoms with Gasteiger partial charge in [0, 0.05) is 23.8 Å². The molecule has 0 atom stereocenters. The molecule has 176 valence electrons. The van der Waals surface area contributed by atoms with Gasteiger partial charge < -0.3 is 19.3 Å². The number of para-hydroxylation sites is 1. The second kappa shape index (κ2) is 10.3. The molecule has 3 aromatic carbocycles. The molecule has 0 aliphatic carbocycles. The molecule has 0 bridgehead atoms. The number of nitrogens with one attached hydrogen (secondary N) is 1. The second-order valence-corrected chi connectivity index (χ2v) is 7.21. The number of nitro benzene ring substituents is 1. The summed E-state index contributed by atoms with van der Waals surface area (Å²) in [7, 11) is 3.09. The predicted octanol–water partition coefficient (Wildman–Crippen LogP) is 4.98. The molecule has 1 N–H and O–H groups in total. The lowest BCUT2D eigenvalue weighted by Gasteiger charge is -2.07. The van der Waals surface area contributed by atoms with Gasteiger partial charge in [-0.3, -0.25) is 14.9 Å². The van der Waals surface area contributed by atoms with Gasteiger partial charge in [-0.05, 0) is 42.0 Å². The molecule has 0 aliphatic rings. The zero-order chi connectivity index (χ0) is 24.8. The first-order valence-electron chi connectivity index (χ1n) is 10.4. The summed E-state index contributed by atoms with van der Waals surface area (Å²) < 4.78 is 16.0. The monoisotopic (exact) mass is 472 g/mol. The molecule has 0 unspecified atom stereocenters. The van der Waals surface area contributed by atoms with Crippen LogP contribution in [-0.4, -0.2) is 35.2 Å². The number of amides is 1. The maximum atomic E-state index is 12.5. The van der Waals surface area contributed by atoms with Crippen LogP contribution in [-0.2, 0) is 4.79 Å². The van der Waals surface area contributed by atoms with E-state index < -0.39 is 10.8 Å². The Morgan fingerprint density at radius 3 is 2.60 bits per heavy atom. The Morgan fingerprint density at radius 1 is 1.03 bits per heavy atom. The van der Waals surface area contributed by atoms with E-state index in [1.807, 2.05) is 0 Å². The van der Waals surface area contributed by atoms with Gasteiger partial charge in [0.25, 0.3) is 11.6 Å². The van der Waals surface area contributed by atoms with Crippen molar-refractivity contribution in [1.29, 1.82) is 0 Å². The summed E-state index contributed by atoms with van der Waals surface area (Å²) in [4.78, 5) is 27.4. The fourth-order valence-electron chi connectivity index (χ4n) is 3.29. The molecule has 0 aliphatic heterocycles. The van der Waals surface area contributed by atoms with Gasteiger partial charge in [0.2, 0.25) is 11.7 Å². The van der Waals surface area contributed by atoms with E-state index in [1.165, 1.54) is 31.4 Å². The third-order valence-electron chi connectivity index (χ3n) is 4.99. The summed E-state index contributed by atoms with van der Waals surface area (Å²) in [5.41, 5.74) is 2.13. The van der Waals surface area contributed by atoms with Crippen LogP contribution in [0, 0.1) is 10.1 Å². The minimum atomic E-state index is -0.492. The van der Waals surface area contributed by atoms with E-state index in [9.17, 15) is 14.9 Å². The number of hydrogen-bond donors (Lipinski definition) is 1. The summed E-state index contributed by atoms with van der Waals surface area (Å²) in [6.45, 7) is 0. The Labute approximate surface area is 200 Å². The number of methoxy groups -OCH3 is 2. The quantitative estimate of drug-likeness (QED) is 0.216. The van der Waals surface area contributed by atoms with Crippen molar-refractivity contribution in [3.05, 3.63) is 88.5 Å². The standard InChI is InChI=1S/C25H20N4O6/c1-33-21-12-11-17(15-22(21)34-2)24-27-25(35-28-24)19-8-3-4-9-20(19)26-23(30)13-10-16-6-5-7-18(14-16)29(31)32/h3-15H,1-2H3,(H,26,30)/b13-10+.